The molecule has 2 amide bonds. The van der Waals surface area contributed by atoms with Gasteiger partial charge in [0.25, 0.3) is 0 Å². The minimum atomic E-state index is -0.256. The lowest BCUT2D eigenvalue weighted by atomic mass is 10.0. The Labute approximate surface area is 164 Å². The second kappa shape index (κ2) is 7.18. The molecule has 0 N–H and O–H groups in total. The van der Waals surface area contributed by atoms with Gasteiger partial charge in [-0.05, 0) is 18.6 Å². The Morgan fingerprint density at radius 3 is 2.61 bits per heavy atom. The average molecular weight is 380 g/mol. The molecule has 4 heterocycles. The zero-order valence-electron chi connectivity index (χ0n) is 16.4. The highest BCUT2D eigenvalue weighted by molar-refractivity contribution is 5.89. The summed E-state index contributed by atoms with van der Waals surface area (Å²) in [6.07, 6.45) is 4.45. The molecule has 0 radical (unpaired) electrons. The minimum Gasteiger partial charge on any atom is -0.362 e. The van der Waals surface area contributed by atoms with Gasteiger partial charge in [0.2, 0.25) is 11.8 Å². The van der Waals surface area contributed by atoms with Crippen LogP contribution in [0.3, 0.4) is 0 Å². The third-order valence-corrected chi connectivity index (χ3v) is 5.41. The Bertz CT molecular complexity index is 914. The molecule has 0 bridgehead atoms. The molecule has 2 aromatic heterocycles. The van der Waals surface area contributed by atoms with E-state index in [1.165, 1.54) is 0 Å². The van der Waals surface area contributed by atoms with Crippen LogP contribution >= 0.6 is 0 Å². The first-order chi connectivity index (χ1) is 13.4. The Balaban J connectivity index is 1.64. The van der Waals surface area contributed by atoms with E-state index in [2.05, 4.69) is 4.98 Å². The smallest absolute Gasteiger partial charge is 0.228 e. The van der Waals surface area contributed by atoms with Crippen LogP contribution in [0, 0.1) is 5.92 Å². The van der Waals surface area contributed by atoms with Gasteiger partial charge in [-0.1, -0.05) is 0 Å². The van der Waals surface area contributed by atoms with E-state index >= 15 is 0 Å². The Morgan fingerprint density at radius 1 is 1.21 bits per heavy atom. The van der Waals surface area contributed by atoms with Crippen LogP contribution in [0.5, 0.6) is 0 Å². The average Bonchev–Trinajstić information content (AvgIpc) is 3.05. The minimum absolute atomic E-state index is 0.0351. The molecule has 1 fully saturated rings. The van der Waals surface area contributed by atoms with Gasteiger partial charge in [0.05, 0.1) is 18.2 Å². The van der Waals surface area contributed by atoms with Crippen molar-refractivity contribution in [2.24, 2.45) is 5.92 Å². The third-order valence-electron chi connectivity index (χ3n) is 5.41. The van der Waals surface area contributed by atoms with E-state index in [0.29, 0.717) is 38.3 Å². The van der Waals surface area contributed by atoms with Crippen LogP contribution in [0.15, 0.2) is 24.5 Å². The van der Waals surface area contributed by atoms with E-state index in [1.807, 2.05) is 36.0 Å². The number of fused-ring (bicyclic) bond motifs is 1. The number of likely N-dealkylation sites (tertiary alicyclic amines) is 1. The van der Waals surface area contributed by atoms with Gasteiger partial charge in [-0.3, -0.25) is 14.6 Å². The predicted molar refractivity (Wildman–Crippen MR) is 104 cm³/mol. The third kappa shape index (κ3) is 3.30. The molecule has 146 valence electrons. The fourth-order valence-corrected chi connectivity index (χ4v) is 3.89. The highest BCUT2D eigenvalue weighted by atomic mass is 16.2. The van der Waals surface area contributed by atoms with Gasteiger partial charge in [-0.15, -0.1) is 0 Å². The summed E-state index contributed by atoms with van der Waals surface area (Å²) in [7, 11) is 5.69. The molecule has 8 nitrogen and oxygen atoms in total. The Morgan fingerprint density at radius 2 is 1.96 bits per heavy atom. The van der Waals surface area contributed by atoms with Gasteiger partial charge >= 0.3 is 0 Å². The topological polar surface area (TPSA) is 82.5 Å². The first kappa shape index (κ1) is 18.3. The summed E-state index contributed by atoms with van der Waals surface area (Å²) in [5.41, 5.74) is 2.86. The normalized spacial score (nSPS) is 19.0. The quantitative estimate of drug-likeness (QED) is 0.789. The number of pyridine rings is 1. The molecule has 0 unspecified atom stereocenters. The van der Waals surface area contributed by atoms with Crippen molar-refractivity contribution in [1.82, 2.24) is 24.8 Å². The Kier molecular flexibility index (Phi) is 4.70. The summed E-state index contributed by atoms with van der Waals surface area (Å²) in [5, 5.41) is 0. The van der Waals surface area contributed by atoms with E-state index in [4.69, 9.17) is 9.97 Å². The van der Waals surface area contributed by atoms with E-state index < -0.39 is 0 Å². The van der Waals surface area contributed by atoms with Crippen molar-refractivity contribution in [3.63, 3.8) is 0 Å². The fraction of sp³-hybridized carbons (Fsp3) is 0.450. The lowest BCUT2D eigenvalue weighted by molar-refractivity contribution is -0.136. The van der Waals surface area contributed by atoms with Crippen LogP contribution in [-0.4, -0.2) is 70.8 Å². The van der Waals surface area contributed by atoms with Crippen LogP contribution in [0.4, 0.5) is 5.82 Å². The summed E-state index contributed by atoms with van der Waals surface area (Å²) in [6.45, 7) is 1.57. The summed E-state index contributed by atoms with van der Waals surface area (Å²) in [4.78, 5) is 43.8. The van der Waals surface area contributed by atoms with E-state index in [-0.39, 0.29) is 17.7 Å². The summed E-state index contributed by atoms with van der Waals surface area (Å²) >= 11 is 0. The first-order valence-corrected chi connectivity index (χ1v) is 9.44. The standard InChI is InChI=1S/C20H24N6O2/c1-24(2)19-15-6-9-26(20(28)14-10-17(27)25(3)11-14)12-16(15)22-18(23-19)13-4-7-21-8-5-13/h4-5,7-8,14H,6,9-12H2,1-3H3/t14-/m1/s1. The largest absolute Gasteiger partial charge is 0.362 e. The van der Waals surface area contributed by atoms with Crippen LogP contribution in [0.25, 0.3) is 11.4 Å². The van der Waals surface area contributed by atoms with Crippen molar-refractivity contribution in [3.8, 4) is 11.4 Å². The maximum Gasteiger partial charge on any atom is 0.228 e. The predicted octanol–water partition coefficient (Wildman–Crippen LogP) is 0.968. The molecule has 8 heteroatoms. The summed E-state index contributed by atoms with van der Waals surface area (Å²) < 4.78 is 0. The van der Waals surface area contributed by atoms with Crippen molar-refractivity contribution in [2.75, 3.05) is 39.1 Å². The monoisotopic (exact) mass is 380 g/mol. The van der Waals surface area contributed by atoms with Gasteiger partial charge in [-0.25, -0.2) is 9.97 Å². The number of hydrogen-bond acceptors (Lipinski definition) is 6. The fourth-order valence-electron chi connectivity index (χ4n) is 3.89. The van der Waals surface area contributed by atoms with Crippen LogP contribution < -0.4 is 4.90 Å². The van der Waals surface area contributed by atoms with Gasteiger partial charge in [0.1, 0.15) is 5.82 Å². The highest BCUT2D eigenvalue weighted by Gasteiger charge is 2.36. The Hall–Kier alpha value is -3.03. The number of aromatic nitrogens is 3. The molecule has 0 aromatic carbocycles. The summed E-state index contributed by atoms with van der Waals surface area (Å²) in [5.74, 6) is 1.34. The van der Waals surface area contributed by atoms with Gasteiger partial charge in [-0.2, -0.15) is 0 Å². The molecule has 28 heavy (non-hydrogen) atoms. The maximum absolute atomic E-state index is 13.0. The van der Waals surface area contributed by atoms with E-state index in [9.17, 15) is 9.59 Å². The van der Waals surface area contributed by atoms with Crippen LogP contribution in [0.2, 0.25) is 0 Å². The summed E-state index contributed by atoms with van der Waals surface area (Å²) in [6, 6.07) is 3.76. The van der Waals surface area contributed by atoms with Crippen molar-refractivity contribution in [2.45, 2.75) is 19.4 Å². The maximum atomic E-state index is 13.0. The number of rotatable bonds is 3. The van der Waals surface area contributed by atoms with Crippen LogP contribution in [0.1, 0.15) is 17.7 Å². The molecule has 2 aliphatic rings. The van der Waals surface area contributed by atoms with Crippen molar-refractivity contribution >= 4 is 17.6 Å². The number of amides is 2. The molecule has 0 aliphatic carbocycles. The molecule has 2 aliphatic heterocycles. The molecule has 1 saturated heterocycles. The number of carbonyl (C=O) groups excluding carboxylic acids is 2. The number of carbonyl (C=O) groups is 2. The highest BCUT2D eigenvalue weighted by Crippen LogP contribution is 2.30. The van der Waals surface area contributed by atoms with Crippen molar-refractivity contribution < 1.29 is 9.59 Å². The molecule has 0 spiro atoms. The molecular weight excluding hydrogens is 356 g/mol. The molecule has 1 atom stereocenters. The van der Waals surface area contributed by atoms with Crippen LogP contribution in [-0.2, 0) is 22.6 Å². The molecular formula is C20H24N6O2. The van der Waals surface area contributed by atoms with Gasteiger partial charge in [0, 0.05) is 64.2 Å². The number of hydrogen-bond donors (Lipinski definition) is 0. The SMILES string of the molecule is CN1C[C@H](C(=O)N2CCc3c(nc(-c4ccncc4)nc3N(C)C)C2)CC1=O. The second-order valence-electron chi connectivity index (χ2n) is 7.61. The first-order valence-electron chi connectivity index (χ1n) is 9.44. The van der Waals surface area contributed by atoms with Gasteiger partial charge < -0.3 is 14.7 Å². The number of anilines is 1. The lowest BCUT2D eigenvalue weighted by Gasteiger charge is -2.32. The second-order valence-corrected chi connectivity index (χ2v) is 7.61. The van der Waals surface area contributed by atoms with Crippen molar-refractivity contribution in [1.29, 1.82) is 0 Å². The number of nitrogens with zero attached hydrogens (tertiary/aromatic N) is 6. The molecule has 4 rings (SSSR count). The van der Waals surface area contributed by atoms with E-state index in [1.54, 1.807) is 24.3 Å². The molecule has 0 saturated carbocycles. The zero-order chi connectivity index (χ0) is 19.8. The zero-order valence-corrected chi connectivity index (χ0v) is 16.4. The van der Waals surface area contributed by atoms with Gasteiger partial charge in [0.15, 0.2) is 5.82 Å². The van der Waals surface area contributed by atoms with Crippen molar-refractivity contribution in [3.05, 3.63) is 35.8 Å². The molecule has 2 aromatic rings. The lowest BCUT2D eigenvalue weighted by Crippen LogP contribution is -2.41. The van der Waals surface area contributed by atoms with E-state index in [0.717, 1.165) is 22.6 Å².